The number of rotatable bonds is 4. The Labute approximate surface area is 190 Å². The molecule has 1 aromatic heterocycles. The molecule has 0 bridgehead atoms. The van der Waals surface area contributed by atoms with Crippen molar-refractivity contribution in [3.8, 4) is 5.75 Å². The van der Waals surface area contributed by atoms with Crippen LogP contribution in [0.2, 0.25) is 0 Å². The molecule has 1 atom stereocenters. The summed E-state index contributed by atoms with van der Waals surface area (Å²) in [6, 6.07) is 1.43. The number of halogens is 1. The molecule has 172 valence electrons. The molecule has 33 heavy (non-hydrogen) atoms. The fourth-order valence-electron chi connectivity index (χ4n) is 5.03. The predicted octanol–water partition coefficient (Wildman–Crippen LogP) is 2.99. The third kappa shape index (κ3) is 3.00. The Bertz CT molecular complexity index is 1280. The normalized spacial score (nSPS) is 23.1. The van der Waals surface area contributed by atoms with E-state index in [0.29, 0.717) is 60.6 Å². The standard InChI is InChI=1S/C25H25FN2O5/c1-4-25(31)17(14(11-29)12-33-24(25)30)8-20-22-16(10-28(20)5-2)15-6-7-32-23-13(3)18(26)9-19(27-22)21(15)23/h8-9,11,31H,4-7,10,12H2,1-3H3/b20-8-/t25-/m0/s1. The second-order valence-corrected chi connectivity index (χ2v) is 8.61. The highest BCUT2D eigenvalue weighted by Gasteiger charge is 2.45. The summed E-state index contributed by atoms with van der Waals surface area (Å²) in [5.74, 6) is -0.608. The lowest BCUT2D eigenvalue weighted by Gasteiger charge is -2.32. The lowest BCUT2D eigenvalue weighted by molar-refractivity contribution is -0.162. The van der Waals surface area contributed by atoms with Crippen LogP contribution >= 0.6 is 0 Å². The lowest BCUT2D eigenvalue weighted by atomic mass is 9.84. The quantitative estimate of drug-likeness (QED) is 0.564. The van der Waals surface area contributed by atoms with Crippen molar-refractivity contribution in [2.75, 3.05) is 19.8 Å². The van der Waals surface area contributed by atoms with Crippen LogP contribution in [0, 0.1) is 12.7 Å². The molecule has 4 heterocycles. The van der Waals surface area contributed by atoms with Crippen molar-refractivity contribution in [2.45, 2.75) is 45.8 Å². The molecular weight excluding hydrogens is 427 g/mol. The van der Waals surface area contributed by atoms with Crippen molar-refractivity contribution in [3.05, 3.63) is 51.5 Å². The monoisotopic (exact) mass is 452 g/mol. The van der Waals surface area contributed by atoms with E-state index in [4.69, 9.17) is 14.5 Å². The zero-order valence-electron chi connectivity index (χ0n) is 18.8. The predicted molar refractivity (Wildman–Crippen MR) is 119 cm³/mol. The van der Waals surface area contributed by atoms with E-state index in [1.807, 2.05) is 6.92 Å². The Morgan fingerprint density at radius 1 is 1.30 bits per heavy atom. The summed E-state index contributed by atoms with van der Waals surface area (Å²) >= 11 is 0. The minimum absolute atomic E-state index is 0.0584. The van der Waals surface area contributed by atoms with Gasteiger partial charge in [-0.3, -0.25) is 4.79 Å². The molecule has 0 amide bonds. The van der Waals surface area contributed by atoms with Crippen molar-refractivity contribution in [3.63, 3.8) is 0 Å². The highest BCUT2D eigenvalue weighted by molar-refractivity contribution is 5.96. The van der Waals surface area contributed by atoms with Gasteiger partial charge >= 0.3 is 5.97 Å². The molecule has 1 N–H and O–H groups in total. The first-order valence-electron chi connectivity index (χ1n) is 11.2. The first kappa shape index (κ1) is 21.6. The number of benzene rings is 1. The van der Waals surface area contributed by atoms with Crippen LogP contribution in [0.3, 0.4) is 0 Å². The Hall–Kier alpha value is -3.26. The zero-order valence-corrected chi connectivity index (χ0v) is 18.8. The van der Waals surface area contributed by atoms with Gasteiger partial charge in [0.05, 0.1) is 23.5 Å². The maximum absolute atomic E-state index is 14.6. The van der Waals surface area contributed by atoms with Crippen LogP contribution in [0.25, 0.3) is 16.6 Å². The Balaban J connectivity index is 1.79. The minimum atomic E-state index is -1.92. The molecule has 1 aromatic carbocycles. The molecule has 7 nitrogen and oxygen atoms in total. The number of aldehydes is 1. The molecule has 3 aliphatic rings. The van der Waals surface area contributed by atoms with Gasteiger partial charge in [0.2, 0.25) is 0 Å². The molecule has 2 aromatic rings. The topological polar surface area (TPSA) is 89.0 Å². The number of hydrogen-bond acceptors (Lipinski definition) is 7. The second kappa shape index (κ2) is 7.66. The molecule has 0 saturated heterocycles. The van der Waals surface area contributed by atoms with E-state index < -0.39 is 11.6 Å². The summed E-state index contributed by atoms with van der Waals surface area (Å²) in [6.07, 6.45) is 3.03. The van der Waals surface area contributed by atoms with Crippen LogP contribution in [0.4, 0.5) is 4.39 Å². The number of pyridine rings is 1. The van der Waals surface area contributed by atoms with E-state index in [-0.39, 0.29) is 30.0 Å². The van der Waals surface area contributed by atoms with Crippen molar-refractivity contribution in [1.29, 1.82) is 0 Å². The summed E-state index contributed by atoms with van der Waals surface area (Å²) in [7, 11) is 0. The largest absolute Gasteiger partial charge is 0.492 e. The molecule has 8 heteroatoms. The van der Waals surface area contributed by atoms with Crippen LogP contribution in [0.1, 0.15) is 42.7 Å². The van der Waals surface area contributed by atoms with E-state index in [0.717, 1.165) is 16.5 Å². The number of fused-ring (bicyclic) bond motifs is 2. The van der Waals surface area contributed by atoms with E-state index >= 15 is 0 Å². The van der Waals surface area contributed by atoms with Gasteiger partial charge in [-0.25, -0.2) is 14.2 Å². The maximum atomic E-state index is 14.6. The number of esters is 1. The van der Waals surface area contributed by atoms with E-state index in [2.05, 4.69) is 4.90 Å². The summed E-state index contributed by atoms with van der Waals surface area (Å²) < 4.78 is 25.5. The smallest absolute Gasteiger partial charge is 0.343 e. The fourth-order valence-corrected chi connectivity index (χ4v) is 5.03. The lowest BCUT2D eigenvalue weighted by Crippen LogP contribution is -2.45. The van der Waals surface area contributed by atoms with Crippen LogP contribution in [0.5, 0.6) is 5.75 Å². The number of aromatic nitrogens is 1. The average molecular weight is 452 g/mol. The SMILES string of the molecule is CCN1Cc2c(nc3cc(F)c(C)c4c3c2CCO4)/C1=C/C1=C(C=O)COC(=O)[C@]1(O)CC. The Morgan fingerprint density at radius 3 is 2.79 bits per heavy atom. The van der Waals surface area contributed by atoms with Gasteiger partial charge in [0.1, 0.15) is 24.5 Å². The van der Waals surface area contributed by atoms with E-state index in [9.17, 15) is 19.1 Å². The number of nitrogens with zero attached hydrogens (tertiary/aromatic N) is 2. The average Bonchev–Trinajstić information content (AvgIpc) is 3.18. The maximum Gasteiger partial charge on any atom is 0.343 e. The van der Waals surface area contributed by atoms with Gasteiger partial charge in [0.25, 0.3) is 0 Å². The van der Waals surface area contributed by atoms with Crippen LogP contribution in [-0.4, -0.2) is 52.6 Å². The van der Waals surface area contributed by atoms with Gasteiger partial charge in [-0.2, -0.15) is 0 Å². The third-order valence-electron chi connectivity index (χ3n) is 6.97. The number of cyclic esters (lactones) is 1. The molecule has 0 fully saturated rings. The fraction of sp³-hybridized carbons (Fsp3) is 0.400. The number of carbonyl (C=O) groups excluding carboxylic acids is 2. The molecular formula is C25H25FN2O5. The number of ether oxygens (including phenoxy) is 2. The van der Waals surface area contributed by atoms with Crippen molar-refractivity contribution >= 4 is 28.9 Å². The Morgan fingerprint density at radius 2 is 2.09 bits per heavy atom. The highest BCUT2D eigenvalue weighted by atomic mass is 19.1. The van der Waals surface area contributed by atoms with Crippen LogP contribution in [-0.2, 0) is 27.3 Å². The number of aliphatic hydroxyl groups is 1. The third-order valence-corrected chi connectivity index (χ3v) is 6.97. The van der Waals surface area contributed by atoms with Gasteiger partial charge < -0.3 is 19.5 Å². The van der Waals surface area contributed by atoms with Crippen LogP contribution < -0.4 is 4.74 Å². The molecule has 3 aliphatic heterocycles. The summed E-state index contributed by atoms with van der Waals surface area (Å²) in [6.45, 7) is 6.87. The molecule has 5 rings (SSSR count). The summed E-state index contributed by atoms with van der Waals surface area (Å²) in [4.78, 5) is 31.1. The zero-order chi connectivity index (χ0) is 23.5. The number of carbonyl (C=O) groups is 2. The van der Waals surface area contributed by atoms with Crippen molar-refractivity contribution in [2.24, 2.45) is 0 Å². The van der Waals surface area contributed by atoms with Gasteiger partial charge in [0.15, 0.2) is 5.60 Å². The molecule has 0 aliphatic carbocycles. The van der Waals surface area contributed by atoms with Gasteiger partial charge in [-0.05, 0) is 31.9 Å². The van der Waals surface area contributed by atoms with Crippen molar-refractivity contribution in [1.82, 2.24) is 9.88 Å². The van der Waals surface area contributed by atoms with Gasteiger partial charge in [0, 0.05) is 53.2 Å². The highest BCUT2D eigenvalue weighted by Crippen LogP contribution is 2.44. The second-order valence-electron chi connectivity index (χ2n) is 8.61. The van der Waals surface area contributed by atoms with E-state index in [1.54, 1.807) is 19.9 Å². The van der Waals surface area contributed by atoms with Gasteiger partial charge in [-0.1, -0.05) is 6.92 Å². The molecule has 0 unspecified atom stereocenters. The molecule has 0 spiro atoms. The Kier molecular flexibility index (Phi) is 5.01. The van der Waals surface area contributed by atoms with E-state index in [1.165, 1.54) is 6.07 Å². The number of hydrogen-bond donors (Lipinski definition) is 1. The summed E-state index contributed by atoms with van der Waals surface area (Å²) in [5.41, 5.74) is 2.98. The minimum Gasteiger partial charge on any atom is -0.492 e. The first-order valence-corrected chi connectivity index (χ1v) is 11.2. The van der Waals surface area contributed by atoms with Gasteiger partial charge in [-0.15, -0.1) is 0 Å². The molecule has 0 radical (unpaired) electrons. The summed E-state index contributed by atoms with van der Waals surface area (Å²) in [5, 5.41) is 12.0. The first-order chi connectivity index (χ1) is 15.8. The van der Waals surface area contributed by atoms with Crippen LogP contribution in [0.15, 0.2) is 23.3 Å². The molecule has 0 saturated carbocycles. The van der Waals surface area contributed by atoms with Crippen molar-refractivity contribution < 1.29 is 28.6 Å².